The standard InChI is InChI=1S/C18H27N3O.2ClH/c19-17-10-4-9-16(17)18(22)20-15-8-5-11-21(13-15)12-14-6-2-1-3-7-14;;/h1-3,6-7,15-17H,4-5,8-13,19H2,(H,20,22);2*1H. The van der Waals surface area contributed by atoms with E-state index < -0.39 is 0 Å². The summed E-state index contributed by atoms with van der Waals surface area (Å²) < 4.78 is 0. The zero-order valence-corrected chi connectivity index (χ0v) is 15.7. The molecule has 3 rings (SSSR count). The summed E-state index contributed by atoms with van der Waals surface area (Å²) >= 11 is 0. The second-order valence-corrected chi connectivity index (χ2v) is 6.77. The maximum Gasteiger partial charge on any atom is 0.224 e. The Bertz CT molecular complexity index is 500. The molecule has 2 fully saturated rings. The minimum atomic E-state index is 0. The smallest absolute Gasteiger partial charge is 0.224 e. The Balaban J connectivity index is 0.00000144. The quantitative estimate of drug-likeness (QED) is 0.852. The first-order chi connectivity index (χ1) is 10.7. The summed E-state index contributed by atoms with van der Waals surface area (Å²) in [5.74, 6) is 0.209. The van der Waals surface area contributed by atoms with Crippen LogP contribution in [-0.4, -0.2) is 36.0 Å². The molecule has 0 bridgehead atoms. The molecule has 1 saturated heterocycles. The third-order valence-electron chi connectivity index (χ3n) is 5.01. The summed E-state index contributed by atoms with van der Waals surface area (Å²) in [4.78, 5) is 14.8. The zero-order chi connectivity index (χ0) is 15.4. The number of nitrogens with two attached hydrogens (primary N) is 1. The van der Waals surface area contributed by atoms with Gasteiger partial charge in [-0.1, -0.05) is 36.8 Å². The van der Waals surface area contributed by atoms with Gasteiger partial charge in [-0.25, -0.2) is 0 Å². The predicted octanol–water partition coefficient (Wildman–Crippen LogP) is 2.74. The van der Waals surface area contributed by atoms with Crippen molar-refractivity contribution < 1.29 is 4.79 Å². The lowest BCUT2D eigenvalue weighted by Gasteiger charge is -2.34. The number of piperidine rings is 1. The highest BCUT2D eigenvalue weighted by molar-refractivity contribution is 5.85. The van der Waals surface area contributed by atoms with Crippen LogP contribution in [0.4, 0.5) is 0 Å². The molecule has 3 unspecified atom stereocenters. The van der Waals surface area contributed by atoms with Crippen LogP contribution in [0.25, 0.3) is 0 Å². The Morgan fingerprint density at radius 2 is 1.88 bits per heavy atom. The van der Waals surface area contributed by atoms with Gasteiger partial charge in [0.2, 0.25) is 5.91 Å². The van der Waals surface area contributed by atoms with E-state index in [0.717, 1.165) is 51.7 Å². The van der Waals surface area contributed by atoms with E-state index in [9.17, 15) is 4.79 Å². The topological polar surface area (TPSA) is 58.4 Å². The highest BCUT2D eigenvalue weighted by atomic mass is 35.5. The number of hydrogen-bond donors (Lipinski definition) is 2. The van der Waals surface area contributed by atoms with Crippen LogP contribution in [0.15, 0.2) is 30.3 Å². The molecule has 0 aromatic heterocycles. The van der Waals surface area contributed by atoms with Gasteiger partial charge in [0.15, 0.2) is 0 Å². The Morgan fingerprint density at radius 1 is 1.12 bits per heavy atom. The van der Waals surface area contributed by atoms with Crippen LogP contribution in [-0.2, 0) is 11.3 Å². The Morgan fingerprint density at radius 3 is 2.54 bits per heavy atom. The minimum Gasteiger partial charge on any atom is -0.352 e. The van der Waals surface area contributed by atoms with E-state index >= 15 is 0 Å². The number of benzene rings is 1. The predicted molar refractivity (Wildman–Crippen MR) is 103 cm³/mol. The molecule has 1 saturated carbocycles. The van der Waals surface area contributed by atoms with Crippen LogP contribution in [0.1, 0.15) is 37.7 Å². The number of hydrogen-bond acceptors (Lipinski definition) is 3. The summed E-state index contributed by atoms with van der Waals surface area (Å²) in [6, 6.07) is 10.9. The van der Waals surface area contributed by atoms with Crippen LogP contribution in [0.5, 0.6) is 0 Å². The van der Waals surface area contributed by atoms with Gasteiger partial charge in [0.25, 0.3) is 0 Å². The number of amides is 1. The monoisotopic (exact) mass is 373 g/mol. The second kappa shape index (κ2) is 10.2. The first-order valence-corrected chi connectivity index (χ1v) is 8.54. The molecule has 3 atom stereocenters. The van der Waals surface area contributed by atoms with Crippen molar-refractivity contribution in [2.24, 2.45) is 11.7 Å². The lowest BCUT2D eigenvalue weighted by atomic mass is 10.0. The number of nitrogens with one attached hydrogen (secondary N) is 1. The number of halogens is 2. The van der Waals surface area contributed by atoms with Crippen molar-refractivity contribution in [1.82, 2.24) is 10.2 Å². The maximum absolute atomic E-state index is 12.4. The molecule has 1 amide bonds. The molecule has 2 aliphatic rings. The third kappa shape index (κ3) is 5.62. The van der Waals surface area contributed by atoms with Crippen molar-refractivity contribution in [3.8, 4) is 0 Å². The van der Waals surface area contributed by atoms with Gasteiger partial charge in [0.1, 0.15) is 0 Å². The Labute approximate surface area is 157 Å². The molecule has 4 nitrogen and oxygen atoms in total. The van der Waals surface area contributed by atoms with E-state index in [0.29, 0.717) is 0 Å². The van der Waals surface area contributed by atoms with Crippen molar-refractivity contribution in [2.45, 2.75) is 50.7 Å². The lowest BCUT2D eigenvalue weighted by molar-refractivity contribution is -0.126. The van der Waals surface area contributed by atoms with E-state index in [1.54, 1.807) is 0 Å². The molecule has 0 radical (unpaired) electrons. The molecule has 24 heavy (non-hydrogen) atoms. The molecule has 0 spiro atoms. The number of nitrogens with zero attached hydrogens (tertiary/aromatic N) is 1. The molecule has 6 heteroatoms. The molecule has 1 heterocycles. The largest absolute Gasteiger partial charge is 0.352 e. The van der Waals surface area contributed by atoms with Gasteiger partial charge in [0, 0.05) is 25.2 Å². The molecule has 1 aliphatic carbocycles. The molecule has 1 aliphatic heterocycles. The molecular formula is C18H29Cl2N3O. The van der Waals surface area contributed by atoms with Crippen molar-refractivity contribution in [3.05, 3.63) is 35.9 Å². The summed E-state index contributed by atoms with van der Waals surface area (Å²) in [5, 5.41) is 3.25. The Kier molecular flexibility index (Phi) is 9.06. The fourth-order valence-corrected chi connectivity index (χ4v) is 3.78. The minimum absolute atomic E-state index is 0. The van der Waals surface area contributed by atoms with Gasteiger partial charge < -0.3 is 11.1 Å². The molecule has 136 valence electrons. The van der Waals surface area contributed by atoms with Crippen molar-refractivity contribution in [1.29, 1.82) is 0 Å². The first-order valence-electron chi connectivity index (χ1n) is 8.54. The fourth-order valence-electron chi connectivity index (χ4n) is 3.78. The van der Waals surface area contributed by atoms with Crippen molar-refractivity contribution >= 4 is 30.7 Å². The van der Waals surface area contributed by atoms with Gasteiger partial charge in [-0.3, -0.25) is 9.69 Å². The number of rotatable bonds is 4. The van der Waals surface area contributed by atoms with E-state index in [-0.39, 0.29) is 48.7 Å². The average Bonchev–Trinajstić information content (AvgIpc) is 2.95. The molecule has 1 aromatic rings. The van der Waals surface area contributed by atoms with Crippen molar-refractivity contribution in [2.75, 3.05) is 13.1 Å². The number of carbonyl (C=O) groups excluding carboxylic acids is 1. The van der Waals surface area contributed by atoms with Crippen LogP contribution in [0, 0.1) is 5.92 Å². The fraction of sp³-hybridized carbons (Fsp3) is 0.611. The van der Waals surface area contributed by atoms with Gasteiger partial charge in [-0.2, -0.15) is 0 Å². The summed E-state index contributed by atoms with van der Waals surface area (Å²) in [5.41, 5.74) is 7.38. The van der Waals surface area contributed by atoms with E-state index in [1.807, 2.05) is 6.07 Å². The summed E-state index contributed by atoms with van der Waals surface area (Å²) in [6.07, 6.45) is 5.26. The Hall–Kier alpha value is -0.810. The van der Waals surface area contributed by atoms with Crippen LogP contribution >= 0.6 is 24.8 Å². The molecule has 3 N–H and O–H groups in total. The van der Waals surface area contributed by atoms with Crippen molar-refractivity contribution in [3.63, 3.8) is 0 Å². The summed E-state index contributed by atoms with van der Waals surface area (Å²) in [6.45, 7) is 3.03. The second-order valence-electron chi connectivity index (χ2n) is 6.77. The van der Waals surface area contributed by atoms with E-state index in [1.165, 1.54) is 5.56 Å². The van der Waals surface area contributed by atoms with Crippen LogP contribution < -0.4 is 11.1 Å². The SMILES string of the molecule is Cl.Cl.NC1CCCC1C(=O)NC1CCCN(Cc2ccccc2)C1. The molecule has 1 aromatic carbocycles. The van der Waals surface area contributed by atoms with Crippen LogP contribution in [0.2, 0.25) is 0 Å². The first kappa shape index (κ1) is 21.2. The van der Waals surface area contributed by atoms with Gasteiger partial charge in [-0.15, -0.1) is 24.8 Å². The zero-order valence-electron chi connectivity index (χ0n) is 14.0. The average molecular weight is 374 g/mol. The highest BCUT2D eigenvalue weighted by Crippen LogP contribution is 2.24. The third-order valence-corrected chi connectivity index (χ3v) is 5.01. The maximum atomic E-state index is 12.4. The van der Waals surface area contributed by atoms with Crippen LogP contribution in [0.3, 0.4) is 0 Å². The van der Waals surface area contributed by atoms with Gasteiger partial charge >= 0.3 is 0 Å². The summed E-state index contributed by atoms with van der Waals surface area (Å²) in [7, 11) is 0. The molecular weight excluding hydrogens is 345 g/mol. The normalized spacial score (nSPS) is 27.0. The lowest BCUT2D eigenvalue weighted by Crippen LogP contribution is -2.50. The highest BCUT2D eigenvalue weighted by Gasteiger charge is 2.32. The van der Waals surface area contributed by atoms with Gasteiger partial charge in [0.05, 0.1) is 5.92 Å². The number of likely N-dealkylation sites (tertiary alicyclic amines) is 1. The van der Waals surface area contributed by atoms with E-state index in [4.69, 9.17) is 5.73 Å². The number of carbonyl (C=O) groups is 1. The van der Waals surface area contributed by atoms with Gasteiger partial charge in [-0.05, 0) is 37.8 Å². The van der Waals surface area contributed by atoms with E-state index in [2.05, 4.69) is 34.5 Å².